The first-order valence-corrected chi connectivity index (χ1v) is 4.58. The van der Waals surface area contributed by atoms with Gasteiger partial charge in [0.05, 0.1) is 6.10 Å². The molecule has 0 aromatic heterocycles. The first kappa shape index (κ1) is 11.2. The van der Waals surface area contributed by atoms with Gasteiger partial charge in [0.25, 0.3) is 0 Å². The zero-order chi connectivity index (χ0) is 11.1. The van der Waals surface area contributed by atoms with Crippen LogP contribution in [0.4, 0.5) is 0 Å². The summed E-state index contributed by atoms with van der Waals surface area (Å²) in [6.07, 6.45) is -1.64. The standard InChI is InChI=1S/C10H16O4/c1-5-7(9(13)14)10(2,3)4-6(11)8(5)12/h6,8,11-12H,4H2,1-3H3,(H,13,14)/t6-,8+/m0/s1. The molecule has 0 spiro atoms. The molecule has 0 amide bonds. The van der Waals surface area contributed by atoms with Crippen molar-refractivity contribution in [2.75, 3.05) is 0 Å². The third-order valence-electron chi connectivity index (χ3n) is 2.81. The van der Waals surface area contributed by atoms with Crippen LogP contribution in [0.15, 0.2) is 11.1 Å². The Kier molecular flexibility index (Phi) is 2.69. The molecule has 0 aromatic rings. The third kappa shape index (κ3) is 1.67. The summed E-state index contributed by atoms with van der Waals surface area (Å²) in [4.78, 5) is 11.0. The number of carboxylic acids is 1. The monoisotopic (exact) mass is 200 g/mol. The van der Waals surface area contributed by atoms with Crippen molar-refractivity contribution in [2.45, 2.75) is 39.4 Å². The molecule has 0 bridgehead atoms. The van der Waals surface area contributed by atoms with Crippen LogP contribution in [0.2, 0.25) is 0 Å². The number of carbonyl (C=O) groups is 1. The summed E-state index contributed by atoms with van der Waals surface area (Å²) in [6.45, 7) is 5.07. The maximum Gasteiger partial charge on any atom is 0.332 e. The molecule has 0 saturated heterocycles. The van der Waals surface area contributed by atoms with E-state index in [0.717, 1.165) is 0 Å². The third-order valence-corrected chi connectivity index (χ3v) is 2.81. The molecule has 80 valence electrons. The summed E-state index contributed by atoms with van der Waals surface area (Å²) in [5.41, 5.74) is -0.00859. The van der Waals surface area contributed by atoms with Gasteiger partial charge in [-0.2, -0.15) is 0 Å². The fourth-order valence-corrected chi connectivity index (χ4v) is 2.16. The molecule has 2 atom stereocenters. The zero-order valence-corrected chi connectivity index (χ0v) is 8.61. The second-order valence-electron chi connectivity index (χ2n) is 4.46. The molecule has 1 aliphatic carbocycles. The zero-order valence-electron chi connectivity index (χ0n) is 8.61. The summed E-state index contributed by atoms with van der Waals surface area (Å²) in [7, 11) is 0. The predicted molar refractivity (Wildman–Crippen MR) is 50.7 cm³/mol. The van der Waals surface area contributed by atoms with E-state index in [-0.39, 0.29) is 12.0 Å². The molecule has 14 heavy (non-hydrogen) atoms. The van der Waals surface area contributed by atoms with Crippen molar-refractivity contribution in [3.8, 4) is 0 Å². The molecule has 1 rings (SSSR count). The highest BCUT2D eigenvalue weighted by atomic mass is 16.4. The number of hydrogen-bond acceptors (Lipinski definition) is 3. The second kappa shape index (κ2) is 3.37. The van der Waals surface area contributed by atoms with Crippen LogP contribution in [0.25, 0.3) is 0 Å². The molecule has 0 aliphatic heterocycles. The molecule has 0 aromatic carbocycles. The molecule has 0 saturated carbocycles. The van der Waals surface area contributed by atoms with Crippen molar-refractivity contribution in [3.05, 3.63) is 11.1 Å². The number of rotatable bonds is 1. The molecule has 0 unspecified atom stereocenters. The summed E-state index contributed by atoms with van der Waals surface area (Å²) < 4.78 is 0. The molecule has 3 N–H and O–H groups in total. The molecular weight excluding hydrogens is 184 g/mol. The van der Waals surface area contributed by atoms with E-state index in [9.17, 15) is 15.0 Å². The Morgan fingerprint density at radius 3 is 2.36 bits per heavy atom. The first-order chi connectivity index (χ1) is 6.27. The molecular formula is C10H16O4. The lowest BCUT2D eigenvalue weighted by molar-refractivity contribution is -0.134. The van der Waals surface area contributed by atoms with Gasteiger partial charge in [-0.1, -0.05) is 13.8 Å². The molecule has 0 radical (unpaired) electrons. The van der Waals surface area contributed by atoms with Crippen LogP contribution in [0, 0.1) is 5.41 Å². The largest absolute Gasteiger partial charge is 0.478 e. The lowest BCUT2D eigenvalue weighted by atomic mass is 9.70. The molecule has 4 heteroatoms. The van der Waals surface area contributed by atoms with Gasteiger partial charge in [0.2, 0.25) is 0 Å². The van der Waals surface area contributed by atoms with Crippen molar-refractivity contribution in [1.82, 2.24) is 0 Å². The summed E-state index contributed by atoms with van der Waals surface area (Å²) in [6, 6.07) is 0. The van der Waals surface area contributed by atoms with E-state index < -0.39 is 23.6 Å². The predicted octanol–water partition coefficient (Wildman–Crippen LogP) is 0.539. The minimum Gasteiger partial charge on any atom is -0.478 e. The van der Waals surface area contributed by atoms with Crippen molar-refractivity contribution in [2.24, 2.45) is 5.41 Å². The average molecular weight is 200 g/mol. The number of aliphatic hydroxyl groups is 2. The van der Waals surface area contributed by atoms with Crippen LogP contribution in [-0.4, -0.2) is 33.5 Å². The van der Waals surface area contributed by atoms with E-state index >= 15 is 0 Å². The van der Waals surface area contributed by atoms with Gasteiger partial charge in [0, 0.05) is 5.57 Å². The van der Waals surface area contributed by atoms with Gasteiger partial charge < -0.3 is 15.3 Å². The van der Waals surface area contributed by atoms with E-state index in [2.05, 4.69) is 0 Å². The Morgan fingerprint density at radius 2 is 1.93 bits per heavy atom. The highest BCUT2D eigenvalue weighted by Gasteiger charge is 2.41. The SMILES string of the molecule is CC1=C(C(=O)O)C(C)(C)C[C@H](O)[C@@H]1O. The maximum absolute atomic E-state index is 11.0. The normalized spacial score (nSPS) is 31.8. The van der Waals surface area contributed by atoms with Crippen molar-refractivity contribution < 1.29 is 20.1 Å². The quantitative estimate of drug-likeness (QED) is 0.577. The Bertz CT molecular complexity index is 290. The topological polar surface area (TPSA) is 77.8 Å². The summed E-state index contributed by atoms with van der Waals surface area (Å²) >= 11 is 0. The maximum atomic E-state index is 11.0. The van der Waals surface area contributed by atoms with Gasteiger partial charge in [-0.25, -0.2) is 4.79 Å². The van der Waals surface area contributed by atoms with Gasteiger partial charge in [-0.3, -0.25) is 0 Å². The first-order valence-electron chi connectivity index (χ1n) is 4.58. The lowest BCUT2D eigenvalue weighted by Crippen LogP contribution is -2.41. The Balaban J connectivity index is 3.23. The fourth-order valence-electron chi connectivity index (χ4n) is 2.16. The van der Waals surface area contributed by atoms with E-state index in [1.165, 1.54) is 0 Å². The van der Waals surface area contributed by atoms with E-state index in [4.69, 9.17) is 5.11 Å². The molecule has 0 fully saturated rings. The second-order valence-corrected chi connectivity index (χ2v) is 4.46. The lowest BCUT2D eigenvalue weighted by Gasteiger charge is -2.37. The smallest absolute Gasteiger partial charge is 0.332 e. The van der Waals surface area contributed by atoms with Crippen molar-refractivity contribution in [1.29, 1.82) is 0 Å². The van der Waals surface area contributed by atoms with Crippen LogP contribution < -0.4 is 0 Å². The van der Waals surface area contributed by atoms with E-state index in [1.807, 2.05) is 0 Å². The van der Waals surface area contributed by atoms with Crippen LogP contribution >= 0.6 is 0 Å². The van der Waals surface area contributed by atoms with Crippen molar-refractivity contribution >= 4 is 5.97 Å². The van der Waals surface area contributed by atoms with Gasteiger partial charge in [0.1, 0.15) is 6.10 Å². The molecule has 1 aliphatic rings. The van der Waals surface area contributed by atoms with Crippen molar-refractivity contribution in [3.63, 3.8) is 0 Å². The Labute approximate surface area is 82.9 Å². The average Bonchev–Trinajstić information content (AvgIpc) is 1.98. The van der Waals surface area contributed by atoms with Gasteiger partial charge in [-0.15, -0.1) is 0 Å². The van der Waals surface area contributed by atoms with Crippen LogP contribution in [-0.2, 0) is 4.79 Å². The number of aliphatic hydroxyl groups excluding tert-OH is 2. The van der Waals surface area contributed by atoms with Crippen LogP contribution in [0.3, 0.4) is 0 Å². The minimum atomic E-state index is -1.05. The molecule has 0 heterocycles. The van der Waals surface area contributed by atoms with E-state index in [0.29, 0.717) is 5.57 Å². The highest BCUT2D eigenvalue weighted by Crippen LogP contribution is 2.40. The van der Waals surface area contributed by atoms with Crippen LogP contribution in [0.5, 0.6) is 0 Å². The van der Waals surface area contributed by atoms with Gasteiger partial charge >= 0.3 is 5.97 Å². The highest BCUT2D eigenvalue weighted by molar-refractivity contribution is 5.89. The number of aliphatic carboxylic acids is 1. The number of hydrogen-bond donors (Lipinski definition) is 3. The Hall–Kier alpha value is -0.870. The van der Waals surface area contributed by atoms with E-state index in [1.54, 1.807) is 20.8 Å². The fraction of sp³-hybridized carbons (Fsp3) is 0.700. The summed E-state index contributed by atoms with van der Waals surface area (Å²) in [5.74, 6) is -1.02. The minimum absolute atomic E-state index is 0.218. The number of carboxylic acid groups (broad SMARTS) is 1. The summed E-state index contributed by atoms with van der Waals surface area (Å²) in [5, 5.41) is 28.0. The van der Waals surface area contributed by atoms with Gasteiger partial charge in [-0.05, 0) is 24.3 Å². The Morgan fingerprint density at radius 1 is 1.43 bits per heavy atom. The molecule has 4 nitrogen and oxygen atoms in total. The van der Waals surface area contributed by atoms with Gasteiger partial charge in [0.15, 0.2) is 0 Å². The van der Waals surface area contributed by atoms with Crippen LogP contribution in [0.1, 0.15) is 27.2 Å².